The van der Waals surface area contributed by atoms with Crippen LogP contribution >= 0.6 is 0 Å². The van der Waals surface area contributed by atoms with Crippen molar-refractivity contribution in [3.05, 3.63) is 70.8 Å². The molecular weight excluding hydrogens is 478 g/mol. The van der Waals surface area contributed by atoms with E-state index in [1.165, 1.54) is 6.92 Å². The number of halogens is 6. The van der Waals surface area contributed by atoms with Crippen LogP contribution in [0.4, 0.5) is 26.3 Å². The molecule has 5 nitrogen and oxygen atoms in total. The van der Waals surface area contributed by atoms with Gasteiger partial charge in [-0.1, -0.05) is 30.3 Å². The Morgan fingerprint density at radius 2 is 1.46 bits per heavy atom. The molecule has 3 rings (SSSR count). The summed E-state index contributed by atoms with van der Waals surface area (Å²) >= 11 is 0. The predicted octanol–water partition coefficient (Wildman–Crippen LogP) is 5.25. The fraction of sp³-hybridized carbons (Fsp3) is 0.458. The second-order valence-electron chi connectivity index (χ2n) is 8.45. The molecule has 1 aliphatic rings. The number of rotatable bonds is 8. The van der Waals surface area contributed by atoms with Crippen LogP contribution in [0.1, 0.15) is 41.3 Å². The summed E-state index contributed by atoms with van der Waals surface area (Å²) in [5, 5.41) is 9.00. The van der Waals surface area contributed by atoms with Crippen molar-refractivity contribution in [3.8, 4) is 0 Å². The molecule has 1 fully saturated rings. The molecule has 2 aromatic rings. The van der Waals surface area contributed by atoms with Crippen molar-refractivity contribution >= 4 is 5.97 Å². The van der Waals surface area contributed by atoms with Gasteiger partial charge in [0.15, 0.2) is 0 Å². The van der Waals surface area contributed by atoms with Crippen molar-refractivity contribution in [2.75, 3.05) is 39.3 Å². The minimum atomic E-state index is -4.93. The zero-order valence-electron chi connectivity index (χ0n) is 18.9. The third kappa shape index (κ3) is 7.42. The van der Waals surface area contributed by atoms with Crippen LogP contribution in [-0.2, 0) is 21.9 Å². The van der Waals surface area contributed by atoms with Gasteiger partial charge in [-0.2, -0.15) is 26.3 Å². The van der Waals surface area contributed by atoms with E-state index in [9.17, 15) is 31.1 Å². The van der Waals surface area contributed by atoms with E-state index in [1.54, 1.807) is 4.90 Å². The average Bonchev–Trinajstić information content (AvgIpc) is 2.79. The molecule has 192 valence electrons. The molecular formula is C24H26F6N2O3. The van der Waals surface area contributed by atoms with E-state index in [0.717, 1.165) is 5.56 Å². The maximum atomic E-state index is 13.2. The van der Waals surface area contributed by atoms with Gasteiger partial charge >= 0.3 is 18.3 Å². The van der Waals surface area contributed by atoms with Crippen molar-refractivity contribution < 1.29 is 41.0 Å². The molecule has 0 spiro atoms. The van der Waals surface area contributed by atoms with Gasteiger partial charge in [-0.3, -0.25) is 14.6 Å². The predicted molar refractivity (Wildman–Crippen MR) is 116 cm³/mol. The first-order valence-electron chi connectivity index (χ1n) is 11.0. The van der Waals surface area contributed by atoms with Crippen LogP contribution in [0, 0.1) is 0 Å². The molecule has 0 saturated carbocycles. The SMILES string of the molecule is C[C@H](OC[C@H](c1ccccc1)N1CCN(CC(=O)O)CC1)c1cc(C(F)(F)F)cc(C(F)(F)F)c1. The highest BCUT2D eigenvalue weighted by Gasteiger charge is 2.37. The summed E-state index contributed by atoms with van der Waals surface area (Å²) in [5.41, 5.74) is -2.10. The van der Waals surface area contributed by atoms with Crippen molar-refractivity contribution in [1.82, 2.24) is 9.80 Å². The minimum Gasteiger partial charge on any atom is -0.480 e. The first-order valence-corrected chi connectivity index (χ1v) is 11.0. The molecule has 1 aliphatic heterocycles. The smallest absolute Gasteiger partial charge is 0.416 e. The standard InChI is InChI=1S/C24H26F6N2O3/c1-16(18-11-19(23(25,26)27)13-20(12-18)24(28,29)30)35-15-21(17-5-3-2-4-6-17)32-9-7-31(8-10-32)14-22(33)34/h2-6,11-13,16,21H,7-10,14-15H2,1H3,(H,33,34)/t16-,21+/m0/s1. The van der Waals surface area contributed by atoms with E-state index in [0.29, 0.717) is 38.3 Å². The number of nitrogens with zero attached hydrogens (tertiary/aromatic N) is 2. The highest BCUT2D eigenvalue weighted by atomic mass is 19.4. The third-order valence-electron chi connectivity index (χ3n) is 5.97. The van der Waals surface area contributed by atoms with Gasteiger partial charge in [0, 0.05) is 26.2 Å². The highest BCUT2D eigenvalue weighted by molar-refractivity contribution is 5.69. The molecule has 2 aromatic carbocycles. The number of aliphatic carboxylic acids is 1. The quantitative estimate of drug-likeness (QED) is 0.498. The van der Waals surface area contributed by atoms with Gasteiger partial charge < -0.3 is 9.84 Å². The summed E-state index contributed by atoms with van der Waals surface area (Å²) in [6.45, 7) is 3.46. The summed E-state index contributed by atoms with van der Waals surface area (Å²) < 4.78 is 85.2. The average molecular weight is 504 g/mol. The fourth-order valence-electron chi connectivity index (χ4n) is 4.06. The minimum absolute atomic E-state index is 0.0295. The Kier molecular flexibility index (Phi) is 8.45. The Balaban J connectivity index is 1.78. The number of carboxylic acids is 1. The number of carboxylic acid groups (broad SMARTS) is 1. The number of carbonyl (C=O) groups is 1. The molecule has 0 radical (unpaired) electrons. The molecule has 0 bridgehead atoms. The Morgan fingerprint density at radius 3 is 1.94 bits per heavy atom. The van der Waals surface area contributed by atoms with Crippen molar-refractivity contribution in [2.24, 2.45) is 0 Å². The second kappa shape index (κ2) is 11.0. The van der Waals surface area contributed by atoms with Crippen molar-refractivity contribution in [2.45, 2.75) is 31.4 Å². The lowest BCUT2D eigenvalue weighted by Crippen LogP contribution is -2.49. The van der Waals surface area contributed by atoms with E-state index in [-0.39, 0.29) is 30.8 Å². The molecule has 0 unspecified atom stereocenters. The van der Waals surface area contributed by atoms with E-state index in [4.69, 9.17) is 9.84 Å². The number of ether oxygens (including phenoxy) is 1. The van der Waals surface area contributed by atoms with Crippen LogP contribution in [0.5, 0.6) is 0 Å². The Bertz CT molecular complexity index is 957. The van der Waals surface area contributed by atoms with E-state index >= 15 is 0 Å². The maximum absolute atomic E-state index is 13.2. The lowest BCUT2D eigenvalue weighted by Gasteiger charge is -2.39. The molecule has 0 aromatic heterocycles. The molecule has 0 amide bonds. The first kappa shape index (κ1) is 27.0. The van der Waals surface area contributed by atoms with Crippen LogP contribution < -0.4 is 0 Å². The maximum Gasteiger partial charge on any atom is 0.416 e. The van der Waals surface area contributed by atoms with Crippen LogP contribution in [-0.4, -0.2) is 60.2 Å². The zero-order valence-corrected chi connectivity index (χ0v) is 18.9. The molecule has 35 heavy (non-hydrogen) atoms. The number of benzene rings is 2. The summed E-state index contributed by atoms with van der Waals surface area (Å²) in [4.78, 5) is 14.8. The Hall–Kier alpha value is -2.63. The molecule has 1 saturated heterocycles. The molecule has 0 aliphatic carbocycles. The number of hydrogen-bond acceptors (Lipinski definition) is 4. The van der Waals surface area contributed by atoms with Crippen LogP contribution in [0.15, 0.2) is 48.5 Å². The Labute approximate surface area is 198 Å². The molecule has 2 atom stereocenters. The topological polar surface area (TPSA) is 53.0 Å². The van der Waals surface area contributed by atoms with E-state index in [2.05, 4.69) is 4.90 Å². The largest absolute Gasteiger partial charge is 0.480 e. The van der Waals surface area contributed by atoms with Gasteiger partial charge in [0.2, 0.25) is 0 Å². The van der Waals surface area contributed by atoms with Crippen LogP contribution in [0.2, 0.25) is 0 Å². The first-order chi connectivity index (χ1) is 16.3. The fourth-order valence-corrected chi connectivity index (χ4v) is 4.06. The molecule has 1 heterocycles. The summed E-state index contributed by atoms with van der Waals surface area (Å²) in [5.74, 6) is -0.922. The van der Waals surface area contributed by atoms with Crippen molar-refractivity contribution in [3.63, 3.8) is 0 Å². The van der Waals surface area contributed by atoms with Gasteiger partial charge in [-0.15, -0.1) is 0 Å². The Morgan fingerprint density at radius 1 is 0.914 bits per heavy atom. The summed E-state index contributed by atoms with van der Waals surface area (Å²) in [7, 11) is 0. The van der Waals surface area contributed by atoms with Gasteiger partial charge in [0.25, 0.3) is 0 Å². The third-order valence-corrected chi connectivity index (χ3v) is 5.97. The van der Waals surface area contributed by atoms with Crippen LogP contribution in [0.25, 0.3) is 0 Å². The molecule has 11 heteroatoms. The van der Waals surface area contributed by atoms with Crippen molar-refractivity contribution in [1.29, 1.82) is 0 Å². The summed E-state index contributed by atoms with van der Waals surface area (Å²) in [6.07, 6.45) is -10.9. The lowest BCUT2D eigenvalue weighted by molar-refractivity contribution is -0.143. The van der Waals surface area contributed by atoms with E-state index < -0.39 is 35.6 Å². The number of alkyl halides is 6. The van der Waals surface area contributed by atoms with Gasteiger partial charge in [-0.05, 0) is 36.2 Å². The van der Waals surface area contributed by atoms with Gasteiger partial charge in [-0.25, -0.2) is 0 Å². The number of piperazine rings is 1. The van der Waals surface area contributed by atoms with E-state index in [1.807, 2.05) is 30.3 Å². The normalized spacial score (nSPS) is 17.8. The lowest BCUT2D eigenvalue weighted by atomic mass is 10.0. The monoisotopic (exact) mass is 504 g/mol. The highest BCUT2D eigenvalue weighted by Crippen LogP contribution is 2.38. The van der Waals surface area contributed by atoms with Gasteiger partial charge in [0.1, 0.15) is 0 Å². The van der Waals surface area contributed by atoms with Crippen LogP contribution in [0.3, 0.4) is 0 Å². The van der Waals surface area contributed by atoms with Gasteiger partial charge in [0.05, 0.1) is 36.4 Å². The molecule has 1 N–H and O–H groups in total. The number of hydrogen-bond donors (Lipinski definition) is 1. The summed E-state index contributed by atoms with van der Waals surface area (Å²) in [6, 6.07) is 10.4. The second-order valence-corrected chi connectivity index (χ2v) is 8.45. The zero-order chi connectivity index (χ0) is 25.8.